The molecule has 1 aliphatic rings. The molecule has 5 heteroatoms. The molecule has 19 heavy (non-hydrogen) atoms. The minimum Gasteiger partial charge on any atom is -0.384 e. The second-order valence-corrected chi connectivity index (χ2v) is 6.70. The van der Waals surface area contributed by atoms with Gasteiger partial charge in [-0.15, -0.1) is 12.4 Å². The van der Waals surface area contributed by atoms with E-state index >= 15 is 0 Å². The van der Waals surface area contributed by atoms with E-state index in [9.17, 15) is 4.79 Å². The Kier molecular flexibility index (Phi) is 7.94. The van der Waals surface area contributed by atoms with Crippen LogP contribution < -0.4 is 10.6 Å². The standard InChI is InChI=1S/C14H28N2O2.ClH/c1-13(2,3)9-12(17)16-10-14(11-18-4)5-7-15-8-6-14;/h15H,5-11H2,1-4H3,(H,16,17);1H. The van der Waals surface area contributed by atoms with E-state index in [0.717, 1.165) is 39.1 Å². The predicted molar refractivity (Wildman–Crippen MR) is 80.7 cm³/mol. The van der Waals surface area contributed by atoms with Crippen LogP contribution in [0.4, 0.5) is 0 Å². The molecule has 1 rings (SSSR count). The monoisotopic (exact) mass is 292 g/mol. The molecule has 0 aliphatic carbocycles. The first kappa shape index (κ1) is 18.7. The molecule has 1 heterocycles. The summed E-state index contributed by atoms with van der Waals surface area (Å²) in [5.74, 6) is 0.150. The van der Waals surface area contributed by atoms with Crippen molar-refractivity contribution in [2.24, 2.45) is 10.8 Å². The van der Waals surface area contributed by atoms with Crippen molar-refractivity contribution in [1.82, 2.24) is 10.6 Å². The molecule has 0 aromatic heterocycles. The van der Waals surface area contributed by atoms with Crippen LogP contribution in [-0.4, -0.2) is 39.3 Å². The lowest BCUT2D eigenvalue weighted by Gasteiger charge is -2.37. The number of rotatable bonds is 5. The molecule has 0 atom stereocenters. The minimum absolute atomic E-state index is 0. The van der Waals surface area contributed by atoms with Gasteiger partial charge in [0.05, 0.1) is 6.61 Å². The number of carbonyl (C=O) groups excluding carboxylic acids is 1. The molecule has 0 unspecified atom stereocenters. The number of halogens is 1. The Bertz CT molecular complexity index is 266. The Hall–Kier alpha value is -0.320. The zero-order chi connectivity index (χ0) is 13.6. The van der Waals surface area contributed by atoms with E-state index in [1.54, 1.807) is 7.11 Å². The Labute approximate surface area is 123 Å². The molecular formula is C14H29ClN2O2. The van der Waals surface area contributed by atoms with Crippen LogP contribution in [0.15, 0.2) is 0 Å². The molecule has 2 N–H and O–H groups in total. The first-order valence-electron chi connectivity index (χ1n) is 6.83. The third-order valence-electron chi connectivity index (χ3n) is 3.47. The summed E-state index contributed by atoms with van der Waals surface area (Å²) in [7, 11) is 1.74. The third-order valence-corrected chi connectivity index (χ3v) is 3.47. The van der Waals surface area contributed by atoms with E-state index in [2.05, 4.69) is 31.4 Å². The largest absolute Gasteiger partial charge is 0.384 e. The summed E-state index contributed by atoms with van der Waals surface area (Å²) >= 11 is 0. The highest BCUT2D eigenvalue weighted by atomic mass is 35.5. The molecule has 0 bridgehead atoms. The molecular weight excluding hydrogens is 264 g/mol. The van der Waals surface area contributed by atoms with Gasteiger partial charge in [-0.1, -0.05) is 20.8 Å². The van der Waals surface area contributed by atoms with Gasteiger partial charge in [0.2, 0.25) is 5.91 Å². The van der Waals surface area contributed by atoms with Crippen LogP contribution in [0.1, 0.15) is 40.0 Å². The lowest BCUT2D eigenvalue weighted by Crippen LogP contribution is -2.47. The van der Waals surface area contributed by atoms with Gasteiger partial charge < -0.3 is 15.4 Å². The van der Waals surface area contributed by atoms with Crippen molar-refractivity contribution in [3.8, 4) is 0 Å². The molecule has 1 saturated heterocycles. The highest BCUT2D eigenvalue weighted by Gasteiger charge is 2.32. The van der Waals surface area contributed by atoms with Crippen LogP contribution in [0.25, 0.3) is 0 Å². The average molecular weight is 293 g/mol. The van der Waals surface area contributed by atoms with Crippen LogP contribution in [0.2, 0.25) is 0 Å². The van der Waals surface area contributed by atoms with Crippen molar-refractivity contribution in [1.29, 1.82) is 0 Å². The predicted octanol–water partition coefficient (Wildman–Crippen LogP) is 1.98. The molecule has 0 saturated carbocycles. The summed E-state index contributed by atoms with van der Waals surface area (Å²) in [6.45, 7) is 9.74. The summed E-state index contributed by atoms with van der Waals surface area (Å²) in [5.41, 5.74) is 0.167. The van der Waals surface area contributed by atoms with Gasteiger partial charge >= 0.3 is 0 Å². The van der Waals surface area contributed by atoms with E-state index in [0.29, 0.717) is 6.42 Å². The van der Waals surface area contributed by atoms with Gasteiger partial charge in [0.15, 0.2) is 0 Å². The lowest BCUT2D eigenvalue weighted by atomic mass is 9.79. The quantitative estimate of drug-likeness (QED) is 0.815. The van der Waals surface area contributed by atoms with Gasteiger partial charge in [-0.05, 0) is 31.3 Å². The van der Waals surface area contributed by atoms with E-state index in [1.807, 2.05) is 0 Å². The van der Waals surface area contributed by atoms with E-state index in [4.69, 9.17) is 4.74 Å². The van der Waals surface area contributed by atoms with Crippen LogP contribution in [0, 0.1) is 10.8 Å². The zero-order valence-corrected chi connectivity index (χ0v) is 13.5. The van der Waals surface area contributed by atoms with Crippen molar-refractivity contribution in [3.05, 3.63) is 0 Å². The average Bonchev–Trinajstić information content (AvgIpc) is 2.26. The molecule has 1 amide bonds. The number of ether oxygens (including phenoxy) is 1. The smallest absolute Gasteiger partial charge is 0.220 e. The number of piperidine rings is 1. The van der Waals surface area contributed by atoms with Gasteiger partial charge in [0, 0.05) is 25.5 Å². The van der Waals surface area contributed by atoms with E-state index in [1.165, 1.54) is 0 Å². The number of methoxy groups -OCH3 is 1. The minimum atomic E-state index is 0. The Morgan fingerprint density at radius 3 is 2.37 bits per heavy atom. The Morgan fingerprint density at radius 1 is 1.32 bits per heavy atom. The van der Waals surface area contributed by atoms with Crippen molar-refractivity contribution >= 4 is 18.3 Å². The molecule has 0 spiro atoms. The van der Waals surface area contributed by atoms with Crippen molar-refractivity contribution in [2.75, 3.05) is 33.4 Å². The molecule has 114 valence electrons. The number of amides is 1. The fourth-order valence-corrected chi connectivity index (χ4v) is 2.47. The topological polar surface area (TPSA) is 50.4 Å². The van der Waals surface area contributed by atoms with Gasteiger partial charge in [-0.2, -0.15) is 0 Å². The van der Waals surface area contributed by atoms with Crippen LogP contribution in [0.3, 0.4) is 0 Å². The normalized spacial score (nSPS) is 18.5. The Morgan fingerprint density at radius 2 is 1.89 bits per heavy atom. The molecule has 0 radical (unpaired) electrons. The number of hydrogen-bond donors (Lipinski definition) is 2. The fraction of sp³-hybridized carbons (Fsp3) is 0.929. The van der Waals surface area contributed by atoms with Crippen molar-refractivity contribution in [3.63, 3.8) is 0 Å². The summed E-state index contributed by atoms with van der Waals surface area (Å²) in [6, 6.07) is 0. The van der Waals surface area contributed by atoms with Gasteiger partial charge in [-0.25, -0.2) is 0 Å². The van der Waals surface area contributed by atoms with Gasteiger partial charge in [0.1, 0.15) is 0 Å². The highest BCUT2D eigenvalue weighted by molar-refractivity contribution is 5.85. The summed E-state index contributed by atoms with van der Waals surface area (Å²) < 4.78 is 5.34. The van der Waals surface area contributed by atoms with Crippen LogP contribution in [0.5, 0.6) is 0 Å². The Balaban J connectivity index is 0.00000324. The maximum Gasteiger partial charge on any atom is 0.220 e. The molecule has 1 fully saturated rings. The SMILES string of the molecule is COCC1(CNC(=O)CC(C)(C)C)CCNCC1.Cl. The third kappa shape index (κ3) is 7.14. The van der Waals surface area contributed by atoms with E-state index in [-0.39, 0.29) is 29.1 Å². The second kappa shape index (κ2) is 8.08. The highest BCUT2D eigenvalue weighted by Crippen LogP contribution is 2.28. The molecule has 1 aliphatic heterocycles. The zero-order valence-electron chi connectivity index (χ0n) is 12.7. The summed E-state index contributed by atoms with van der Waals surface area (Å²) in [5, 5.41) is 6.44. The van der Waals surface area contributed by atoms with Crippen LogP contribution >= 0.6 is 12.4 Å². The number of carbonyl (C=O) groups is 1. The maximum atomic E-state index is 11.9. The first-order chi connectivity index (χ1) is 8.37. The lowest BCUT2D eigenvalue weighted by molar-refractivity contribution is -0.123. The summed E-state index contributed by atoms with van der Waals surface area (Å²) in [4.78, 5) is 11.9. The van der Waals surface area contributed by atoms with Gasteiger partial charge in [0.25, 0.3) is 0 Å². The van der Waals surface area contributed by atoms with Crippen molar-refractivity contribution < 1.29 is 9.53 Å². The number of nitrogens with one attached hydrogen (secondary N) is 2. The molecule has 0 aromatic carbocycles. The van der Waals surface area contributed by atoms with Crippen molar-refractivity contribution in [2.45, 2.75) is 40.0 Å². The molecule has 0 aromatic rings. The summed E-state index contributed by atoms with van der Waals surface area (Å²) in [6.07, 6.45) is 2.71. The fourth-order valence-electron chi connectivity index (χ4n) is 2.47. The van der Waals surface area contributed by atoms with Gasteiger partial charge in [-0.3, -0.25) is 4.79 Å². The van der Waals surface area contributed by atoms with Crippen LogP contribution in [-0.2, 0) is 9.53 Å². The second-order valence-electron chi connectivity index (χ2n) is 6.70. The molecule has 4 nitrogen and oxygen atoms in total. The maximum absolute atomic E-state index is 11.9. The number of hydrogen-bond acceptors (Lipinski definition) is 3. The first-order valence-corrected chi connectivity index (χ1v) is 6.83. The van der Waals surface area contributed by atoms with E-state index < -0.39 is 0 Å².